The van der Waals surface area contributed by atoms with Crippen LogP contribution in [0.2, 0.25) is 0 Å². The quantitative estimate of drug-likeness (QED) is 0.348. The lowest BCUT2D eigenvalue weighted by Crippen LogP contribution is -2.42. The van der Waals surface area contributed by atoms with Gasteiger partial charge in [-0.1, -0.05) is 18.2 Å². The number of nitrogens with zero attached hydrogens (tertiary/aromatic N) is 2. The van der Waals surface area contributed by atoms with Gasteiger partial charge in [-0.2, -0.15) is 0 Å². The van der Waals surface area contributed by atoms with Gasteiger partial charge in [-0.05, 0) is 29.8 Å². The molecule has 1 amide bonds. The van der Waals surface area contributed by atoms with Crippen molar-refractivity contribution in [3.8, 4) is 17.2 Å². The SMILES string of the molecule is COc1ccc(C2/C(=C(\O)c3ccccc3OC)C(=O)C(=O)N2CCN2CCOCC2)cc1OC. The van der Waals surface area contributed by atoms with Crippen LogP contribution in [0.5, 0.6) is 17.2 Å². The summed E-state index contributed by atoms with van der Waals surface area (Å²) in [5.41, 5.74) is 0.973. The molecule has 0 saturated carbocycles. The summed E-state index contributed by atoms with van der Waals surface area (Å²) in [5, 5.41) is 11.3. The maximum Gasteiger partial charge on any atom is 0.295 e. The highest BCUT2D eigenvalue weighted by Gasteiger charge is 2.46. The number of benzene rings is 2. The van der Waals surface area contributed by atoms with Crippen LogP contribution in [0.3, 0.4) is 0 Å². The van der Waals surface area contributed by atoms with Gasteiger partial charge in [0.25, 0.3) is 11.7 Å². The number of rotatable bonds is 8. The zero-order valence-corrected chi connectivity index (χ0v) is 20.2. The first-order chi connectivity index (χ1) is 17.0. The zero-order valence-electron chi connectivity index (χ0n) is 20.2. The van der Waals surface area contributed by atoms with Crippen LogP contribution in [0.4, 0.5) is 0 Å². The summed E-state index contributed by atoms with van der Waals surface area (Å²) in [7, 11) is 4.54. The van der Waals surface area contributed by atoms with Crippen molar-refractivity contribution in [1.82, 2.24) is 9.80 Å². The molecule has 2 aromatic rings. The van der Waals surface area contributed by atoms with Crippen molar-refractivity contribution in [2.75, 3.05) is 60.7 Å². The molecule has 35 heavy (non-hydrogen) atoms. The first-order valence-corrected chi connectivity index (χ1v) is 11.4. The van der Waals surface area contributed by atoms with Crippen LogP contribution in [-0.2, 0) is 14.3 Å². The van der Waals surface area contributed by atoms with E-state index in [4.69, 9.17) is 18.9 Å². The maximum atomic E-state index is 13.3. The van der Waals surface area contributed by atoms with Crippen molar-refractivity contribution in [2.24, 2.45) is 0 Å². The Kier molecular flexibility index (Phi) is 7.57. The second kappa shape index (κ2) is 10.8. The molecule has 4 rings (SSSR count). The number of amides is 1. The molecule has 0 aromatic heterocycles. The number of ketones is 1. The van der Waals surface area contributed by atoms with Gasteiger partial charge in [0.15, 0.2) is 11.5 Å². The lowest BCUT2D eigenvalue weighted by molar-refractivity contribution is -0.140. The van der Waals surface area contributed by atoms with Crippen LogP contribution in [0.15, 0.2) is 48.0 Å². The van der Waals surface area contributed by atoms with E-state index in [0.29, 0.717) is 54.7 Å². The van der Waals surface area contributed by atoms with E-state index in [9.17, 15) is 14.7 Å². The Balaban J connectivity index is 1.81. The van der Waals surface area contributed by atoms with Crippen molar-refractivity contribution in [3.63, 3.8) is 0 Å². The van der Waals surface area contributed by atoms with Gasteiger partial charge in [-0.3, -0.25) is 14.5 Å². The van der Waals surface area contributed by atoms with Crippen molar-refractivity contribution < 1.29 is 33.6 Å². The topological polar surface area (TPSA) is 97.8 Å². The number of hydrogen-bond acceptors (Lipinski definition) is 8. The highest BCUT2D eigenvalue weighted by Crippen LogP contribution is 2.42. The Morgan fingerprint density at radius 2 is 1.63 bits per heavy atom. The third-order valence-electron chi connectivity index (χ3n) is 6.39. The fraction of sp³-hybridized carbons (Fsp3) is 0.385. The molecule has 2 aliphatic heterocycles. The molecular weight excluding hydrogens is 452 g/mol. The molecule has 0 bridgehead atoms. The third-order valence-corrected chi connectivity index (χ3v) is 6.39. The minimum atomic E-state index is -0.805. The molecule has 1 unspecified atom stereocenters. The number of para-hydroxylation sites is 1. The summed E-state index contributed by atoms with van der Waals surface area (Å²) in [6.07, 6.45) is 0. The van der Waals surface area contributed by atoms with Crippen LogP contribution >= 0.6 is 0 Å². The molecule has 9 nitrogen and oxygen atoms in total. The van der Waals surface area contributed by atoms with Crippen molar-refractivity contribution in [2.45, 2.75) is 6.04 Å². The minimum Gasteiger partial charge on any atom is -0.507 e. The molecule has 2 heterocycles. The molecule has 9 heteroatoms. The highest BCUT2D eigenvalue weighted by atomic mass is 16.5. The Morgan fingerprint density at radius 1 is 0.943 bits per heavy atom. The van der Waals surface area contributed by atoms with Crippen molar-refractivity contribution >= 4 is 17.4 Å². The first-order valence-electron chi connectivity index (χ1n) is 11.4. The van der Waals surface area contributed by atoms with Crippen molar-refractivity contribution in [3.05, 3.63) is 59.2 Å². The molecule has 186 valence electrons. The summed E-state index contributed by atoms with van der Waals surface area (Å²) >= 11 is 0. The average Bonchev–Trinajstić information content (AvgIpc) is 3.16. The number of likely N-dealkylation sites (tertiary alicyclic amines) is 1. The van der Waals surface area contributed by atoms with Crippen LogP contribution < -0.4 is 14.2 Å². The maximum absolute atomic E-state index is 13.3. The lowest BCUT2D eigenvalue weighted by atomic mass is 9.94. The van der Waals surface area contributed by atoms with Gasteiger partial charge in [0.2, 0.25) is 0 Å². The normalized spacial score (nSPS) is 20.2. The molecule has 2 aliphatic rings. The molecule has 1 N–H and O–H groups in total. The standard InChI is InChI=1S/C26H30N2O7/c1-32-19-7-5-4-6-18(19)24(29)22-23(17-8-9-20(33-2)21(16-17)34-3)28(26(31)25(22)30)11-10-27-12-14-35-15-13-27/h4-9,16,23,29H,10-15H2,1-3H3/b24-22+. The molecule has 0 aliphatic carbocycles. The van der Waals surface area contributed by atoms with Crippen LogP contribution in [-0.4, -0.2) is 87.3 Å². The number of methoxy groups -OCH3 is 3. The van der Waals surface area contributed by atoms with E-state index >= 15 is 0 Å². The van der Waals surface area contributed by atoms with E-state index in [1.807, 2.05) is 0 Å². The number of aliphatic hydroxyl groups excluding tert-OH is 1. The van der Waals surface area contributed by atoms with Gasteiger partial charge >= 0.3 is 0 Å². The minimum absolute atomic E-state index is 0.00805. The van der Waals surface area contributed by atoms with Gasteiger partial charge in [0.1, 0.15) is 11.5 Å². The number of Topliss-reactive ketones (excluding diaryl/α,β-unsaturated/α-hetero) is 1. The molecule has 0 radical (unpaired) electrons. The molecule has 2 saturated heterocycles. The van der Waals surface area contributed by atoms with E-state index in [1.54, 1.807) is 42.5 Å². The van der Waals surface area contributed by atoms with E-state index in [0.717, 1.165) is 13.1 Å². The van der Waals surface area contributed by atoms with E-state index in [-0.39, 0.29) is 11.3 Å². The predicted octanol–water partition coefficient (Wildman–Crippen LogP) is 2.47. The Labute approximate surface area is 204 Å². The summed E-state index contributed by atoms with van der Waals surface area (Å²) in [5.74, 6) is -0.304. The Morgan fingerprint density at radius 3 is 2.31 bits per heavy atom. The van der Waals surface area contributed by atoms with Crippen molar-refractivity contribution in [1.29, 1.82) is 0 Å². The van der Waals surface area contributed by atoms with Crippen LogP contribution in [0.1, 0.15) is 17.2 Å². The lowest BCUT2D eigenvalue weighted by Gasteiger charge is -2.31. The average molecular weight is 483 g/mol. The third kappa shape index (κ3) is 4.82. The Bertz CT molecular complexity index is 1120. The fourth-order valence-electron chi connectivity index (χ4n) is 4.54. The number of carbonyl (C=O) groups excluding carboxylic acids is 2. The number of morpholine rings is 1. The number of aliphatic hydroxyl groups is 1. The first kappa shape index (κ1) is 24.6. The van der Waals surface area contributed by atoms with Gasteiger partial charge in [0, 0.05) is 26.2 Å². The smallest absolute Gasteiger partial charge is 0.295 e. The molecule has 2 fully saturated rings. The predicted molar refractivity (Wildman–Crippen MR) is 129 cm³/mol. The largest absolute Gasteiger partial charge is 0.507 e. The van der Waals surface area contributed by atoms with E-state index in [1.165, 1.54) is 26.2 Å². The summed E-state index contributed by atoms with van der Waals surface area (Å²) in [6.45, 7) is 3.66. The second-order valence-electron chi connectivity index (χ2n) is 8.26. The molecular formula is C26H30N2O7. The number of hydrogen-bond donors (Lipinski definition) is 1. The summed E-state index contributed by atoms with van der Waals surface area (Å²) < 4.78 is 21.6. The van der Waals surface area contributed by atoms with Gasteiger partial charge in [-0.15, -0.1) is 0 Å². The summed E-state index contributed by atoms with van der Waals surface area (Å²) in [6, 6.07) is 11.3. The Hall–Kier alpha value is -3.56. The zero-order chi connectivity index (χ0) is 24.9. The van der Waals surface area contributed by atoms with Gasteiger partial charge in [-0.25, -0.2) is 0 Å². The number of carbonyl (C=O) groups is 2. The fourth-order valence-corrected chi connectivity index (χ4v) is 4.54. The van der Waals surface area contributed by atoms with Crippen LogP contribution in [0.25, 0.3) is 5.76 Å². The second-order valence-corrected chi connectivity index (χ2v) is 8.26. The summed E-state index contributed by atoms with van der Waals surface area (Å²) in [4.78, 5) is 30.2. The molecule has 0 spiro atoms. The molecule has 1 atom stereocenters. The number of ether oxygens (including phenoxy) is 4. The molecule has 2 aromatic carbocycles. The van der Waals surface area contributed by atoms with E-state index in [2.05, 4.69) is 4.90 Å². The monoisotopic (exact) mass is 482 g/mol. The van der Waals surface area contributed by atoms with Gasteiger partial charge in [0.05, 0.1) is 51.7 Å². The van der Waals surface area contributed by atoms with E-state index < -0.39 is 17.7 Å². The van der Waals surface area contributed by atoms with Gasteiger partial charge < -0.3 is 29.0 Å². The highest BCUT2D eigenvalue weighted by molar-refractivity contribution is 6.46. The van der Waals surface area contributed by atoms with Crippen LogP contribution in [0, 0.1) is 0 Å².